The van der Waals surface area contributed by atoms with Crippen LogP contribution in [-0.2, 0) is 24.0 Å². The summed E-state index contributed by atoms with van der Waals surface area (Å²) < 4.78 is 0. The van der Waals surface area contributed by atoms with Crippen molar-refractivity contribution in [2.24, 2.45) is 5.73 Å². The van der Waals surface area contributed by atoms with E-state index < -0.39 is 73.0 Å². The van der Waals surface area contributed by atoms with Gasteiger partial charge in [-0.25, -0.2) is 4.79 Å². The van der Waals surface area contributed by atoms with Crippen molar-refractivity contribution in [1.29, 1.82) is 0 Å². The van der Waals surface area contributed by atoms with Gasteiger partial charge in [0.25, 0.3) is 0 Å². The van der Waals surface area contributed by atoms with Gasteiger partial charge < -0.3 is 42.1 Å². The van der Waals surface area contributed by atoms with Gasteiger partial charge in [0.1, 0.15) is 18.1 Å². The molecule has 0 aliphatic rings. The molecule has 0 aromatic heterocycles. The first kappa shape index (κ1) is 25.6. The van der Waals surface area contributed by atoms with E-state index in [0.29, 0.717) is 0 Å². The highest BCUT2D eigenvalue weighted by Gasteiger charge is 2.32. The zero-order valence-corrected chi connectivity index (χ0v) is 15.8. The van der Waals surface area contributed by atoms with Crippen molar-refractivity contribution < 1.29 is 44.4 Å². The van der Waals surface area contributed by atoms with Crippen LogP contribution in [-0.4, -0.2) is 92.7 Å². The number of nitrogens with two attached hydrogens (primary N) is 1. The number of aliphatic hydroxyl groups excluding tert-OH is 2. The number of carboxylic acids is 2. The van der Waals surface area contributed by atoms with Crippen molar-refractivity contribution in [3.05, 3.63) is 0 Å². The van der Waals surface area contributed by atoms with Crippen LogP contribution in [0.2, 0.25) is 0 Å². The summed E-state index contributed by atoms with van der Waals surface area (Å²) in [7, 11) is 0. The highest BCUT2D eigenvalue weighted by Crippen LogP contribution is 1.99. The van der Waals surface area contributed by atoms with Gasteiger partial charge in [0.2, 0.25) is 17.7 Å². The van der Waals surface area contributed by atoms with Crippen LogP contribution >= 0.6 is 12.6 Å². The lowest BCUT2D eigenvalue weighted by Gasteiger charge is -2.25. The van der Waals surface area contributed by atoms with Gasteiger partial charge in [-0.3, -0.25) is 19.2 Å². The Hall–Kier alpha value is -2.42. The number of amides is 3. The first-order valence-corrected chi connectivity index (χ1v) is 8.58. The second-order valence-electron chi connectivity index (χ2n) is 5.76. The Labute approximate surface area is 165 Å². The summed E-state index contributed by atoms with van der Waals surface area (Å²) in [6.45, 7) is 0.232. The lowest BCUT2D eigenvalue weighted by Crippen LogP contribution is -2.60. The van der Waals surface area contributed by atoms with E-state index in [4.69, 9.17) is 15.9 Å². The second-order valence-corrected chi connectivity index (χ2v) is 6.12. The summed E-state index contributed by atoms with van der Waals surface area (Å²) in [5.74, 6) is -6.14. The van der Waals surface area contributed by atoms with Crippen molar-refractivity contribution >= 4 is 42.3 Å². The summed E-state index contributed by atoms with van der Waals surface area (Å²) in [4.78, 5) is 57.6. The number of carboxylic acid groups (broad SMARTS) is 2. The molecule has 0 saturated heterocycles. The number of nitrogens with one attached hydrogen (secondary N) is 3. The molecule has 0 aliphatic heterocycles. The number of rotatable bonds is 12. The van der Waals surface area contributed by atoms with Crippen molar-refractivity contribution in [3.63, 3.8) is 0 Å². The van der Waals surface area contributed by atoms with Gasteiger partial charge in [0.15, 0.2) is 0 Å². The molecule has 0 radical (unpaired) electrons. The van der Waals surface area contributed by atoms with Crippen LogP contribution < -0.4 is 21.7 Å². The van der Waals surface area contributed by atoms with E-state index in [-0.39, 0.29) is 5.75 Å². The van der Waals surface area contributed by atoms with Crippen molar-refractivity contribution in [2.45, 2.75) is 43.6 Å². The Morgan fingerprint density at radius 1 is 0.964 bits per heavy atom. The Morgan fingerprint density at radius 3 is 1.89 bits per heavy atom. The number of hydrogen-bond donors (Lipinski definition) is 9. The quantitative estimate of drug-likeness (QED) is 0.137. The third-order valence-electron chi connectivity index (χ3n) is 3.41. The van der Waals surface area contributed by atoms with E-state index >= 15 is 0 Å². The molecule has 14 heteroatoms. The molecule has 9 N–H and O–H groups in total. The third kappa shape index (κ3) is 8.51. The average Bonchev–Trinajstić information content (AvgIpc) is 2.60. The van der Waals surface area contributed by atoms with Gasteiger partial charge in [-0.05, 0) is 6.92 Å². The molecule has 0 saturated carbocycles. The van der Waals surface area contributed by atoms with Crippen LogP contribution in [0.1, 0.15) is 13.3 Å². The SMILES string of the molecule is CC(O)C(NC(=O)C(CO)NC(=O)C(N)CC(=O)O)C(=O)NC(CS)C(=O)O. The zero-order chi connectivity index (χ0) is 22.0. The molecule has 0 aromatic rings. The lowest BCUT2D eigenvalue weighted by atomic mass is 10.1. The fourth-order valence-corrected chi connectivity index (χ4v) is 2.11. The normalized spacial score (nSPS) is 16.0. The molecule has 0 aromatic carbocycles. The van der Waals surface area contributed by atoms with E-state index in [1.54, 1.807) is 0 Å². The number of aliphatic hydroxyl groups is 2. The van der Waals surface area contributed by atoms with Crippen molar-refractivity contribution in [1.82, 2.24) is 16.0 Å². The monoisotopic (exact) mass is 424 g/mol. The van der Waals surface area contributed by atoms with Crippen LogP contribution in [0.4, 0.5) is 0 Å². The van der Waals surface area contributed by atoms with E-state index in [9.17, 15) is 34.2 Å². The Morgan fingerprint density at radius 2 is 1.50 bits per heavy atom. The standard InChI is InChI=1S/C14H24N4O9S/c1-5(20)10(13(25)17-8(4-28)14(26)27)18-12(24)7(3-19)16-11(23)6(15)2-9(21)22/h5-8,10,19-20,28H,2-4,15H2,1H3,(H,16,23)(H,17,25)(H,18,24)(H,21,22)(H,26,27). The van der Waals surface area contributed by atoms with Gasteiger partial charge in [-0.1, -0.05) is 0 Å². The van der Waals surface area contributed by atoms with E-state index in [2.05, 4.69) is 23.3 Å². The first-order chi connectivity index (χ1) is 12.9. The van der Waals surface area contributed by atoms with Crippen LogP contribution in [0.5, 0.6) is 0 Å². The molecule has 0 spiro atoms. The van der Waals surface area contributed by atoms with E-state index in [1.807, 2.05) is 5.32 Å². The first-order valence-electron chi connectivity index (χ1n) is 7.95. The number of carbonyl (C=O) groups is 5. The summed E-state index contributed by atoms with van der Waals surface area (Å²) in [6.07, 6.45) is -2.17. The summed E-state index contributed by atoms with van der Waals surface area (Å²) in [5.41, 5.74) is 5.34. The van der Waals surface area contributed by atoms with Crippen molar-refractivity contribution in [3.8, 4) is 0 Å². The van der Waals surface area contributed by atoms with Crippen LogP contribution in [0.25, 0.3) is 0 Å². The summed E-state index contributed by atoms with van der Waals surface area (Å²) >= 11 is 3.77. The minimum atomic E-state index is -1.60. The zero-order valence-electron chi connectivity index (χ0n) is 14.9. The van der Waals surface area contributed by atoms with Crippen molar-refractivity contribution in [2.75, 3.05) is 12.4 Å². The maximum atomic E-state index is 12.2. The number of hydrogen-bond acceptors (Lipinski definition) is 9. The molecule has 28 heavy (non-hydrogen) atoms. The molecule has 0 rings (SSSR count). The fraction of sp³-hybridized carbons (Fsp3) is 0.643. The minimum Gasteiger partial charge on any atom is -0.481 e. The van der Waals surface area contributed by atoms with Gasteiger partial charge in [-0.2, -0.15) is 12.6 Å². The topological polar surface area (TPSA) is 228 Å². The molecule has 5 unspecified atom stereocenters. The van der Waals surface area contributed by atoms with Crippen LogP contribution in [0, 0.1) is 0 Å². The smallest absolute Gasteiger partial charge is 0.327 e. The number of carbonyl (C=O) groups excluding carboxylic acids is 3. The van der Waals surface area contributed by atoms with Gasteiger partial charge in [-0.15, -0.1) is 0 Å². The predicted octanol–water partition coefficient (Wildman–Crippen LogP) is -4.37. The molecular weight excluding hydrogens is 400 g/mol. The largest absolute Gasteiger partial charge is 0.481 e. The molecule has 0 fully saturated rings. The maximum absolute atomic E-state index is 12.2. The average molecular weight is 424 g/mol. The van der Waals surface area contributed by atoms with Gasteiger partial charge >= 0.3 is 11.9 Å². The van der Waals surface area contributed by atoms with E-state index in [0.717, 1.165) is 6.92 Å². The molecule has 0 aliphatic carbocycles. The molecular formula is C14H24N4O9S. The highest BCUT2D eigenvalue weighted by molar-refractivity contribution is 7.80. The van der Waals surface area contributed by atoms with Crippen LogP contribution in [0.15, 0.2) is 0 Å². The molecule has 3 amide bonds. The summed E-state index contributed by atoms with van der Waals surface area (Å²) in [6, 6.07) is -6.06. The fourth-order valence-electron chi connectivity index (χ4n) is 1.86. The second kappa shape index (κ2) is 12.1. The lowest BCUT2D eigenvalue weighted by molar-refractivity contribution is -0.142. The maximum Gasteiger partial charge on any atom is 0.327 e. The molecule has 13 nitrogen and oxygen atoms in total. The molecule has 0 bridgehead atoms. The summed E-state index contributed by atoms with van der Waals surface area (Å²) in [5, 5.41) is 42.6. The number of aliphatic carboxylic acids is 2. The minimum absolute atomic E-state index is 0.252. The third-order valence-corrected chi connectivity index (χ3v) is 3.77. The van der Waals surface area contributed by atoms with Crippen LogP contribution in [0.3, 0.4) is 0 Å². The Kier molecular flexibility index (Phi) is 11.1. The molecule has 0 heterocycles. The Bertz CT molecular complexity index is 601. The Balaban J connectivity index is 5.09. The molecule has 5 atom stereocenters. The number of thiol groups is 1. The molecule has 160 valence electrons. The van der Waals surface area contributed by atoms with E-state index in [1.165, 1.54) is 0 Å². The van der Waals surface area contributed by atoms with Gasteiger partial charge in [0.05, 0.1) is 25.2 Å². The predicted molar refractivity (Wildman–Crippen MR) is 96.3 cm³/mol. The van der Waals surface area contributed by atoms with Gasteiger partial charge in [0, 0.05) is 5.75 Å². The highest BCUT2D eigenvalue weighted by atomic mass is 32.1.